The zero-order valence-electron chi connectivity index (χ0n) is 31.2. The van der Waals surface area contributed by atoms with Crippen LogP contribution in [-0.4, -0.2) is 24.7 Å². The van der Waals surface area contributed by atoms with Gasteiger partial charge in [-0.25, -0.2) is 0 Å². The minimum Gasteiger partial charge on any atom is -0.490 e. The van der Waals surface area contributed by atoms with Gasteiger partial charge in [0, 0.05) is 10.5 Å². The van der Waals surface area contributed by atoms with E-state index >= 15 is 0 Å². The first-order chi connectivity index (χ1) is 23.7. The summed E-state index contributed by atoms with van der Waals surface area (Å²) < 4.78 is 12.6. The molecular weight excluding hydrogens is 609 g/mol. The maximum Gasteiger partial charge on any atom is 0.185 e. The van der Waals surface area contributed by atoms with Crippen LogP contribution >= 0.6 is 11.8 Å². The molecule has 0 spiro atoms. The van der Waals surface area contributed by atoms with Gasteiger partial charge in [0.1, 0.15) is 0 Å². The highest BCUT2D eigenvalue weighted by Crippen LogP contribution is 2.30. The van der Waals surface area contributed by atoms with Crippen LogP contribution in [0.15, 0.2) is 53.4 Å². The lowest BCUT2D eigenvalue weighted by Gasteiger charge is -2.14. The average molecular weight is 679 g/mol. The second-order valence-corrected chi connectivity index (χ2v) is 14.7. The molecule has 0 aromatic heterocycles. The van der Waals surface area contributed by atoms with Crippen molar-refractivity contribution in [1.29, 1.82) is 0 Å². The van der Waals surface area contributed by atoms with Crippen molar-refractivity contribution in [2.24, 2.45) is 0 Å². The number of ketones is 1. The fourth-order valence-electron chi connectivity index (χ4n) is 5.96. The molecular formula is C44H70O3S. The number of ether oxygens (including phenoxy) is 2. The Balaban J connectivity index is 1.81. The molecule has 0 aliphatic heterocycles. The van der Waals surface area contributed by atoms with Crippen molar-refractivity contribution in [3.05, 3.63) is 59.7 Å². The first-order valence-corrected chi connectivity index (χ1v) is 21.0. The molecule has 0 unspecified atom stereocenters. The van der Waals surface area contributed by atoms with Crippen LogP contribution in [0, 0.1) is 0 Å². The van der Waals surface area contributed by atoms with Gasteiger partial charge >= 0.3 is 0 Å². The molecule has 2 aromatic carbocycles. The van der Waals surface area contributed by atoms with Crippen LogP contribution in [0.2, 0.25) is 0 Å². The van der Waals surface area contributed by atoms with Gasteiger partial charge in [0.15, 0.2) is 17.3 Å². The molecule has 0 bridgehead atoms. The molecule has 2 rings (SSSR count). The standard InChI is InChI=1S/C44H70O3S/c1-4-7-9-11-13-15-17-19-21-23-25-35-46-43-34-28-39(27-33-42(45)40-29-31-41(32-30-40)48-37-6-3)38-44(43)47-36-26-24-22-20-18-16-14-12-10-8-5-2/h27-34,38H,4-26,35-37H2,1-3H3. The predicted molar refractivity (Wildman–Crippen MR) is 211 cm³/mol. The zero-order chi connectivity index (χ0) is 34.3. The van der Waals surface area contributed by atoms with E-state index < -0.39 is 0 Å². The Morgan fingerprint density at radius 3 is 1.48 bits per heavy atom. The van der Waals surface area contributed by atoms with Crippen LogP contribution in [-0.2, 0) is 0 Å². The van der Waals surface area contributed by atoms with Crippen LogP contribution in [0.3, 0.4) is 0 Å². The summed E-state index contributed by atoms with van der Waals surface area (Å²) in [5.74, 6) is 2.71. The van der Waals surface area contributed by atoms with Gasteiger partial charge in [-0.3, -0.25) is 4.79 Å². The van der Waals surface area contributed by atoms with Gasteiger partial charge in [-0.1, -0.05) is 161 Å². The Morgan fingerprint density at radius 1 is 0.542 bits per heavy atom. The number of unbranched alkanes of at least 4 members (excludes halogenated alkanes) is 20. The molecule has 0 N–H and O–H groups in total. The molecule has 0 aliphatic rings. The SMILES string of the molecule is CCCCCCCCCCCCCOc1ccc(C=CC(=O)c2ccc(SCCC)cc2)cc1OCCCCCCCCCCCCC. The van der Waals surface area contributed by atoms with Crippen LogP contribution in [0.25, 0.3) is 6.08 Å². The third kappa shape index (κ3) is 21.0. The monoisotopic (exact) mass is 679 g/mol. The number of benzene rings is 2. The van der Waals surface area contributed by atoms with Gasteiger partial charge < -0.3 is 9.47 Å². The summed E-state index contributed by atoms with van der Waals surface area (Å²) in [7, 11) is 0. The number of thioether (sulfide) groups is 1. The van der Waals surface area contributed by atoms with Crippen molar-refractivity contribution in [3.63, 3.8) is 0 Å². The van der Waals surface area contributed by atoms with E-state index in [4.69, 9.17) is 9.47 Å². The van der Waals surface area contributed by atoms with Crippen molar-refractivity contribution in [1.82, 2.24) is 0 Å². The number of hydrogen-bond donors (Lipinski definition) is 0. The third-order valence-electron chi connectivity index (χ3n) is 9.02. The topological polar surface area (TPSA) is 35.5 Å². The Kier molecular flexibility index (Phi) is 26.0. The minimum atomic E-state index is 0.0160. The van der Waals surface area contributed by atoms with Crippen LogP contribution in [0.5, 0.6) is 11.5 Å². The Morgan fingerprint density at radius 2 is 1.00 bits per heavy atom. The van der Waals surface area contributed by atoms with E-state index in [2.05, 4.69) is 20.8 Å². The Bertz CT molecular complexity index is 1080. The van der Waals surface area contributed by atoms with Crippen molar-refractivity contribution in [3.8, 4) is 11.5 Å². The second kappa shape index (κ2) is 29.7. The fraction of sp³-hybridized carbons (Fsp3) is 0.659. The number of allylic oxidation sites excluding steroid dienone is 1. The first-order valence-electron chi connectivity index (χ1n) is 20.0. The Labute approximate surface area is 300 Å². The van der Waals surface area contributed by atoms with E-state index in [1.165, 1.54) is 133 Å². The zero-order valence-corrected chi connectivity index (χ0v) is 32.0. The van der Waals surface area contributed by atoms with E-state index in [-0.39, 0.29) is 5.78 Å². The molecule has 4 heteroatoms. The fourth-order valence-corrected chi connectivity index (χ4v) is 6.73. The summed E-state index contributed by atoms with van der Waals surface area (Å²) in [5, 5.41) is 0. The quantitative estimate of drug-likeness (QED) is 0.0334. The minimum absolute atomic E-state index is 0.0160. The number of carbonyl (C=O) groups is 1. The maximum atomic E-state index is 12.9. The summed E-state index contributed by atoms with van der Waals surface area (Å²) in [4.78, 5) is 14.1. The number of rotatable bonds is 32. The highest BCUT2D eigenvalue weighted by Gasteiger charge is 2.08. The summed E-state index contributed by atoms with van der Waals surface area (Å²) in [6.45, 7) is 8.15. The molecule has 0 fully saturated rings. The van der Waals surface area contributed by atoms with Crippen LogP contribution in [0.4, 0.5) is 0 Å². The lowest BCUT2D eigenvalue weighted by atomic mass is 10.1. The van der Waals surface area contributed by atoms with Gasteiger partial charge in [-0.15, -0.1) is 11.8 Å². The van der Waals surface area contributed by atoms with Gasteiger partial charge in [0.2, 0.25) is 0 Å². The summed E-state index contributed by atoms with van der Waals surface area (Å²) >= 11 is 1.83. The van der Waals surface area contributed by atoms with Crippen molar-refractivity contribution in [2.75, 3.05) is 19.0 Å². The number of hydrogen-bond acceptors (Lipinski definition) is 4. The van der Waals surface area contributed by atoms with Crippen molar-refractivity contribution >= 4 is 23.6 Å². The molecule has 0 saturated carbocycles. The molecule has 0 heterocycles. The molecule has 0 saturated heterocycles. The normalized spacial score (nSPS) is 11.4. The van der Waals surface area contributed by atoms with Crippen LogP contribution in [0.1, 0.15) is 184 Å². The number of carbonyl (C=O) groups excluding carboxylic acids is 1. The molecule has 3 nitrogen and oxygen atoms in total. The van der Waals surface area contributed by atoms with Crippen molar-refractivity contribution in [2.45, 2.75) is 173 Å². The van der Waals surface area contributed by atoms with E-state index in [0.717, 1.165) is 42.1 Å². The lowest BCUT2D eigenvalue weighted by molar-refractivity contribution is 0.104. The first kappa shape index (κ1) is 42.0. The predicted octanol–water partition coefficient (Wildman–Crippen LogP) is 14.5. The lowest BCUT2D eigenvalue weighted by Crippen LogP contribution is -2.03. The Hall–Kier alpha value is -2.20. The van der Waals surface area contributed by atoms with Crippen molar-refractivity contribution < 1.29 is 14.3 Å². The summed E-state index contributed by atoms with van der Waals surface area (Å²) in [6.07, 6.45) is 33.8. The maximum absolute atomic E-state index is 12.9. The second-order valence-electron chi connectivity index (χ2n) is 13.5. The molecule has 270 valence electrons. The van der Waals surface area contributed by atoms with Gasteiger partial charge in [0.05, 0.1) is 13.2 Å². The van der Waals surface area contributed by atoms with Gasteiger partial charge in [-0.2, -0.15) is 0 Å². The largest absolute Gasteiger partial charge is 0.490 e. The molecule has 2 aromatic rings. The van der Waals surface area contributed by atoms with E-state index in [0.29, 0.717) is 18.8 Å². The average Bonchev–Trinajstić information content (AvgIpc) is 3.11. The molecule has 0 aliphatic carbocycles. The summed E-state index contributed by atoms with van der Waals surface area (Å²) in [5.41, 5.74) is 1.67. The molecule has 0 amide bonds. The molecule has 0 radical (unpaired) electrons. The van der Waals surface area contributed by atoms with Gasteiger partial charge in [-0.05, 0) is 73.1 Å². The molecule has 0 atom stereocenters. The third-order valence-corrected chi connectivity index (χ3v) is 10.2. The highest BCUT2D eigenvalue weighted by molar-refractivity contribution is 7.99. The van der Waals surface area contributed by atoms with E-state index in [9.17, 15) is 4.79 Å². The van der Waals surface area contributed by atoms with E-state index in [1.807, 2.05) is 60.3 Å². The highest BCUT2D eigenvalue weighted by atomic mass is 32.2. The summed E-state index contributed by atoms with van der Waals surface area (Å²) in [6, 6.07) is 14.0. The van der Waals surface area contributed by atoms with E-state index in [1.54, 1.807) is 6.08 Å². The van der Waals surface area contributed by atoms with Gasteiger partial charge in [0.25, 0.3) is 0 Å². The smallest absolute Gasteiger partial charge is 0.185 e. The molecule has 48 heavy (non-hydrogen) atoms. The van der Waals surface area contributed by atoms with Crippen LogP contribution < -0.4 is 9.47 Å².